The van der Waals surface area contributed by atoms with Gasteiger partial charge in [0.2, 0.25) is 0 Å². The van der Waals surface area contributed by atoms with Crippen molar-refractivity contribution >= 4 is 29.4 Å². The van der Waals surface area contributed by atoms with Gasteiger partial charge in [0.05, 0.1) is 40.7 Å². The molecule has 0 bridgehead atoms. The van der Waals surface area contributed by atoms with Gasteiger partial charge < -0.3 is 19.7 Å². The topological polar surface area (TPSA) is 115 Å². The number of rotatable bonds is 10. The number of anilines is 1. The van der Waals surface area contributed by atoms with Crippen LogP contribution in [0, 0.1) is 13.8 Å². The van der Waals surface area contributed by atoms with Crippen molar-refractivity contribution in [3.05, 3.63) is 112 Å². The number of aromatic nitrogens is 1. The summed E-state index contributed by atoms with van der Waals surface area (Å²) in [4.78, 5) is 56.7. The molecule has 0 unspecified atom stereocenters. The average molecular weight is 662 g/mol. The van der Waals surface area contributed by atoms with Gasteiger partial charge in [-0.15, -0.1) is 0 Å². The normalized spacial score (nSPS) is 11.1. The molecule has 1 N–H and O–H groups in total. The van der Waals surface area contributed by atoms with Gasteiger partial charge in [-0.05, 0) is 92.4 Å². The summed E-state index contributed by atoms with van der Waals surface area (Å²) < 4.78 is 49.5. The fraction of sp³-hybridized carbons (Fsp3) is 0.250. The number of benzene rings is 3. The molecule has 250 valence electrons. The molecule has 48 heavy (non-hydrogen) atoms. The Morgan fingerprint density at radius 1 is 0.875 bits per heavy atom. The van der Waals surface area contributed by atoms with Gasteiger partial charge in [-0.1, -0.05) is 18.2 Å². The molecule has 9 nitrogen and oxygen atoms in total. The number of esters is 2. The number of alkyl halides is 3. The van der Waals surface area contributed by atoms with E-state index in [9.17, 15) is 32.3 Å². The van der Waals surface area contributed by atoms with E-state index < -0.39 is 29.6 Å². The van der Waals surface area contributed by atoms with Crippen LogP contribution < -0.4 is 10.1 Å². The minimum atomic E-state index is -4.51. The summed E-state index contributed by atoms with van der Waals surface area (Å²) in [6.45, 7) is 3.41. The Kier molecular flexibility index (Phi) is 11.0. The number of carbonyl (C=O) groups excluding carboxylic acids is 4. The molecule has 0 aliphatic heterocycles. The number of methoxy groups -OCH3 is 1. The van der Waals surface area contributed by atoms with Gasteiger partial charge in [-0.2, -0.15) is 13.2 Å². The highest BCUT2D eigenvalue weighted by Crippen LogP contribution is 2.32. The highest BCUT2D eigenvalue weighted by atomic mass is 19.4. The number of nitrogens with zero attached hydrogens (tertiary/aromatic N) is 2. The molecule has 0 atom stereocenters. The van der Waals surface area contributed by atoms with Crippen molar-refractivity contribution in [1.29, 1.82) is 0 Å². The maximum atomic E-state index is 13.5. The van der Waals surface area contributed by atoms with Crippen LogP contribution in [-0.2, 0) is 22.1 Å². The Bertz CT molecular complexity index is 1850. The first-order valence-corrected chi connectivity index (χ1v) is 14.9. The van der Waals surface area contributed by atoms with E-state index in [-0.39, 0.29) is 34.8 Å². The van der Waals surface area contributed by atoms with Crippen LogP contribution in [0.3, 0.4) is 0 Å². The van der Waals surface area contributed by atoms with E-state index >= 15 is 0 Å². The van der Waals surface area contributed by atoms with Crippen LogP contribution in [0.5, 0.6) is 5.75 Å². The molecule has 0 saturated heterocycles. The number of ether oxygens (including phenoxy) is 2. The first-order chi connectivity index (χ1) is 22.7. The predicted octanol–water partition coefficient (Wildman–Crippen LogP) is 7.05. The zero-order valence-electron chi connectivity index (χ0n) is 27.0. The van der Waals surface area contributed by atoms with Gasteiger partial charge in [0.15, 0.2) is 0 Å². The minimum Gasteiger partial charge on any atom is -0.465 e. The minimum absolute atomic E-state index is 0.0841. The van der Waals surface area contributed by atoms with Crippen molar-refractivity contribution < 1.29 is 41.8 Å². The molecule has 0 saturated carbocycles. The molecule has 1 heterocycles. The quantitative estimate of drug-likeness (QED) is 0.143. The Morgan fingerprint density at radius 2 is 1.58 bits per heavy atom. The van der Waals surface area contributed by atoms with Crippen molar-refractivity contribution in [2.45, 2.75) is 39.3 Å². The third-order valence-corrected chi connectivity index (χ3v) is 7.40. The van der Waals surface area contributed by atoms with Crippen molar-refractivity contribution in [2.75, 3.05) is 26.5 Å². The SMILES string of the molecule is COC(=O)c1ccc(OC(=O)CCCc2ccc(NC(=O)c3ccc(C)nc3-c3ccc(C(F)(F)F)cc3)c(C(=O)N(C)C)c2)c(C)c1. The summed E-state index contributed by atoms with van der Waals surface area (Å²) >= 11 is 0. The van der Waals surface area contributed by atoms with Crippen molar-refractivity contribution in [3.63, 3.8) is 0 Å². The molecule has 1 aromatic heterocycles. The second-order valence-electron chi connectivity index (χ2n) is 11.3. The Labute approximate surface area is 275 Å². The van der Waals surface area contributed by atoms with Gasteiger partial charge in [-0.3, -0.25) is 19.4 Å². The van der Waals surface area contributed by atoms with Crippen LogP contribution in [0.1, 0.15) is 66.3 Å². The molecule has 4 aromatic rings. The lowest BCUT2D eigenvalue weighted by atomic mass is 10.0. The lowest BCUT2D eigenvalue weighted by molar-refractivity contribution is -0.137. The molecule has 0 aliphatic carbocycles. The maximum absolute atomic E-state index is 13.5. The van der Waals surface area contributed by atoms with Crippen LogP contribution in [0.4, 0.5) is 18.9 Å². The highest BCUT2D eigenvalue weighted by molar-refractivity contribution is 6.11. The third kappa shape index (κ3) is 8.64. The van der Waals surface area contributed by atoms with E-state index in [4.69, 9.17) is 9.47 Å². The summed E-state index contributed by atoms with van der Waals surface area (Å²) in [5.41, 5.74) is 2.49. The molecule has 0 fully saturated rings. The largest absolute Gasteiger partial charge is 0.465 e. The molecule has 0 radical (unpaired) electrons. The fourth-order valence-corrected chi connectivity index (χ4v) is 4.86. The second-order valence-corrected chi connectivity index (χ2v) is 11.3. The summed E-state index contributed by atoms with van der Waals surface area (Å²) in [7, 11) is 4.42. The molecule has 3 aromatic carbocycles. The van der Waals surface area contributed by atoms with E-state index in [0.29, 0.717) is 41.0 Å². The van der Waals surface area contributed by atoms with Crippen LogP contribution >= 0.6 is 0 Å². The van der Waals surface area contributed by atoms with Crippen LogP contribution in [0.2, 0.25) is 0 Å². The first kappa shape index (κ1) is 35.3. The number of hydrogen-bond acceptors (Lipinski definition) is 7. The number of pyridine rings is 1. The van der Waals surface area contributed by atoms with Crippen molar-refractivity contribution in [3.8, 4) is 17.0 Å². The summed E-state index contributed by atoms with van der Waals surface area (Å²) in [5, 5.41) is 2.77. The Balaban J connectivity index is 1.49. The summed E-state index contributed by atoms with van der Waals surface area (Å²) in [6, 6.07) is 17.1. The van der Waals surface area contributed by atoms with Crippen molar-refractivity contribution in [2.24, 2.45) is 0 Å². The van der Waals surface area contributed by atoms with Crippen LogP contribution in [-0.4, -0.2) is 54.8 Å². The molecule has 0 spiro atoms. The van der Waals surface area contributed by atoms with Gasteiger partial charge in [0, 0.05) is 31.8 Å². The smallest absolute Gasteiger partial charge is 0.416 e. The molecule has 4 rings (SSSR count). The van der Waals surface area contributed by atoms with Gasteiger partial charge >= 0.3 is 18.1 Å². The monoisotopic (exact) mass is 661 g/mol. The van der Waals surface area contributed by atoms with E-state index in [0.717, 1.165) is 17.7 Å². The van der Waals surface area contributed by atoms with Crippen LogP contribution in [0.25, 0.3) is 11.3 Å². The fourth-order valence-electron chi connectivity index (χ4n) is 4.86. The van der Waals surface area contributed by atoms with Crippen molar-refractivity contribution in [1.82, 2.24) is 9.88 Å². The van der Waals surface area contributed by atoms with Gasteiger partial charge in [-0.25, -0.2) is 4.79 Å². The second kappa shape index (κ2) is 14.9. The number of amides is 2. The lowest BCUT2D eigenvalue weighted by Crippen LogP contribution is -2.24. The number of halogens is 3. The third-order valence-electron chi connectivity index (χ3n) is 7.40. The highest BCUT2D eigenvalue weighted by Gasteiger charge is 2.30. The summed E-state index contributed by atoms with van der Waals surface area (Å²) in [5.74, 6) is -1.60. The molecular formula is C36H34F3N3O6. The van der Waals surface area contributed by atoms with E-state index in [1.807, 2.05) is 0 Å². The number of hydrogen-bond donors (Lipinski definition) is 1. The maximum Gasteiger partial charge on any atom is 0.416 e. The number of carbonyl (C=O) groups is 4. The number of nitrogens with one attached hydrogen (secondary N) is 1. The van der Waals surface area contributed by atoms with E-state index in [2.05, 4.69) is 10.3 Å². The first-order valence-electron chi connectivity index (χ1n) is 14.9. The van der Waals surface area contributed by atoms with Crippen LogP contribution in [0.15, 0.2) is 72.8 Å². The summed E-state index contributed by atoms with van der Waals surface area (Å²) in [6.07, 6.45) is -3.59. The Hall–Kier alpha value is -5.52. The standard InChI is InChI=1S/C36H34F3N3O6/c1-21-19-25(35(46)47-5)13-18-30(21)48-31(43)8-6-7-23-10-17-29(28(20-23)34(45)42(3)4)41-33(44)27-16-9-22(2)40-32(27)24-11-14-26(15-12-24)36(37,38)39/h9-20H,6-8H2,1-5H3,(H,41,44). The van der Waals surface area contributed by atoms with Gasteiger partial charge in [0.1, 0.15) is 5.75 Å². The molecule has 0 aliphatic rings. The predicted molar refractivity (Wildman–Crippen MR) is 173 cm³/mol. The van der Waals surface area contributed by atoms with Gasteiger partial charge in [0.25, 0.3) is 11.8 Å². The zero-order valence-corrected chi connectivity index (χ0v) is 27.0. The molecule has 2 amide bonds. The Morgan fingerprint density at radius 3 is 2.21 bits per heavy atom. The number of aryl methyl sites for hydroxylation is 3. The van der Waals surface area contributed by atoms with E-state index in [1.54, 1.807) is 58.3 Å². The molecular weight excluding hydrogens is 627 g/mol. The molecule has 12 heteroatoms. The van der Waals surface area contributed by atoms with E-state index in [1.165, 1.54) is 42.3 Å². The average Bonchev–Trinajstić information content (AvgIpc) is 3.05. The zero-order chi connectivity index (χ0) is 35.2. The lowest BCUT2D eigenvalue weighted by Gasteiger charge is -2.17.